The number of nitrogens with two attached hydrogens (primary N) is 1. The first-order valence-corrected chi connectivity index (χ1v) is 10.0. The summed E-state index contributed by atoms with van der Waals surface area (Å²) in [6.45, 7) is 3.26. The number of imidazole rings is 1. The van der Waals surface area contributed by atoms with Gasteiger partial charge in [0.15, 0.2) is 24.0 Å². The summed E-state index contributed by atoms with van der Waals surface area (Å²) < 4.78 is 25.9. The molecule has 2 aliphatic rings. The minimum absolute atomic E-state index is 0.0204. The number of nitrogen functional groups attached to an aromatic ring is 1. The maximum atomic E-state index is 11.4. The summed E-state index contributed by atoms with van der Waals surface area (Å²) in [6, 6.07) is 7.23. The van der Waals surface area contributed by atoms with E-state index in [2.05, 4.69) is 15.0 Å². The second kappa shape index (κ2) is 7.41. The molecule has 0 radical (unpaired) electrons. The summed E-state index contributed by atoms with van der Waals surface area (Å²) in [6.07, 6.45) is 0.559. The predicted octanol–water partition coefficient (Wildman–Crippen LogP) is 2.40. The molecule has 11 heteroatoms. The van der Waals surface area contributed by atoms with Crippen LogP contribution in [0.2, 0.25) is 5.02 Å². The quantitative estimate of drug-likeness (QED) is 0.602. The van der Waals surface area contributed by atoms with Crippen molar-refractivity contribution in [3.8, 4) is 0 Å². The molecule has 0 aliphatic carbocycles. The molecule has 5 atom stereocenters. The number of nitrogens with zero attached hydrogens (tertiary/aromatic N) is 4. The fraction of sp³-hybridized carbons (Fsp3) is 0.400. The number of hydrogen-bond acceptors (Lipinski definition) is 9. The molecule has 2 aliphatic heterocycles. The van der Waals surface area contributed by atoms with Gasteiger partial charge in [-0.3, -0.25) is 9.36 Å². The van der Waals surface area contributed by atoms with Crippen LogP contribution in [-0.4, -0.2) is 49.9 Å². The van der Waals surface area contributed by atoms with Crippen molar-refractivity contribution in [2.75, 3.05) is 12.3 Å². The number of hydrogen-bond donors (Lipinski definition) is 1. The van der Waals surface area contributed by atoms with Crippen LogP contribution in [0.5, 0.6) is 0 Å². The van der Waals surface area contributed by atoms with Crippen LogP contribution in [0.1, 0.15) is 31.9 Å². The Morgan fingerprint density at radius 2 is 2.03 bits per heavy atom. The Bertz CT molecular complexity index is 1140. The third kappa shape index (κ3) is 3.32. The molecule has 2 aromatic heterocycles. The monoisotopic (exact) mass is 445 g/mol. The normalized spacial score (nSPS) is 29.9. The second-order valence-corrected chi connectivity index (χ2v) is 8.09. The van der Waals surface area contributed by atoms with Crippen molar-refractivity contribution in [3.63, 3.8) is 0 Å². The number of anilines is 1. The highest BCUT2D eigenvalue weighted by Crippen LogP contribution is 2.52. The van der Waals surface area contributed by atoms with Crippen LogP contribution in [0.15, 0.2) is 36.9 Å². The van der Waals surface area contributed by atoms with E-state index in [0.717, 1.165) is 5.56 Å². The summed E-state index contributed by atoms with van der Waals surface area (Å²) in [5.74, 6) is -0.141. The zero-order valence-electron chi connectivity index (χ0n) is 16.8. The molecule has 2 unspecified atom stereocenters. The minimum atomic E-state index is -0.928. The van der Waals surface area contributed by atoms with Crippen molar-refractivity contribution in [3.05, 3.63) is 47.5 Å². The summed E-state index contributed by atoms with van der Waals surface area (Å²) >= 11 is 6.01. The van der Waals surface area contributed by atoms with Crippen molar-refractivity contribution in [2.45, 2.75) is 44.2 Å². The van der Waals surface area contributed by atoms with Crippen molar-refractivity contribution in [1.29, 1.82) is 0 Å². The first-order chi connectivity index (χ1) is 14.9. The zero-order chi connectivity index (χ0) is 21.8. The molecule has 31 heavy (non-hydrogen) atoms. The molecule has 10 nitrogen and oxygen atoms in total. The maximum absolute atomic E-state index is 11.4. The van der Waals surface area contributed by atoms with E-state index in [0.29, 0.717) is 16.2 Å². The SMILES string of the molecule is CC(=O)OC[C@H]1OC(n2cnc3c(N)ncnc32)[C@]2(C)OC(c3ccc(Cl)cc3)O[C@H]12. The minimum Gasteiger partial charge on any atom is -0.463 e. The highest BCUT2D eigenvalue weighted by Gasteiger charge is 2.62. The smallest absolute Gasteiger partial charge is 0.302 e. The number of aromatic nitrogens is 4. The summed E-state index contributed by atoms with van der Waals surface area (Å²) in [7, 11) is 0. The lowest BCUT2D eigenvalue weighted by atomic mass is 9.96. The highest BCUT2D eigenvalue weighted by molar-refractivity contribution is 6.30. The van der Waals surface area contributed by atoms with Gasteiger partial charge in [-0.1, -0.05) is 23.7 Å². The first-order valence-electron chi connectivity index (χ1n) is 9.67. The Morgan fingerprint density at radius 1 is 1.26 bits per heavy atom. The third-order valence-electron chi connectivity index (χ3n) is 5.56. The third-order valence-corrected chi connectivity index (χ3v) is 5.81. The molecule has 4 heterocycles. The molecule has 0 spiro atoms. The Hall–Kier alpha value is -2.79. The number of fused-ring (bicyclic) bond motifs is 2. The van der Waals surface area contributed by atoms with Gasteiger partial charge in [-0.25, -0.2) is 15.0 Å². The lowest BCUT2D eigenvalue weighted by Gasteiger charge is -2.28. The van der Waals surface area contributed by atoms with Gasteiger partial charge in [0.05, 0.1) is 6.33 Å². The maximum Gasteiger partial charge on any atom is 0.302 e. The van der Waals surface area contributed by atoms with Gasteiger partial charge in [-0.15, -0.1) is 0 Å². The molecule has 2 fully saturated rings. The van der Waals surface area contributed by atoms with E-state index < -0.39 is 36.3 Å². The fourth-order valence-corrected chi connectivity index (χ4v) is 4.22. The number of rotatable bonds is 4. The van der Waals surface area contributed by atoms with E-state index >= 15 is 0 Å². The van der Waals surface area contributed by atoms with Crippen LogP contribution in [0.3, 0.4) is 0 Å². The molecular formula is C20H20ClN5O5. The molecule has 0 amide bonds. The van der Waals surface area contributed by atoms with E-state index in [9.17, 15) is 4.79 Å². The Balaban J connectivity index is 1.53. The summed E-state index contributed by atoms with van der Waals surface area (Å²) in [4.78, 5) is 24.0. The van der Waals surface area contributed by atoms with Crippen molar-refractivity contribution >= 4 is 34.6 Å². The van der Waals surface area contributed by atoms with Gasteiger partial charge < -0.3 is 24.7 Å². The molecule has 162 valence electrons. The highest BCUT2D eigenvalue weighted by atomic mass is 35.5. The number of carbonyl (C=O) groups is 1. The number of benzene rings is 1. The topological polar surface area (TPSA) is 124 Å². The lowest BCUT2D eigenvalue weighted by Crippen LogP contribution is -2.42. The number of halogens is 1. The van der Waals surface area contributed by atoms with E-state index in [-0.39, 0.29) is 12.4 Å². The van der Waals surface area contributed by atoms with Gasteiger partial charge in [-0.2, -0.15) is 0 Å². The van der Waals surface area contributed by atoms with E-state index in [1.165, 1.54) is 13.3 Å². The van der Waals surface area contributed by atoms with E-state index in [4.69, 9.17) is 36.3 Å². The summed E-state index contributed by atoms with van der Waals surface area (Å²) in [5, 5.41) is 0.615. The van der Waals surface area contributed by atoms with Crippen molar-refractivity contribution < 1.29 is 23.7 Å². The molecule has 0 saturated carbocycles. The Kier molecular flexibility index (Phi) is 4.82. The molecular weight excluding hydrogens is 426 g/mol. The van der Waals surface area contributed by atoms with Crippen LogP contribution in [-0.2, 0) is 23.7 Å². The van der Waals surface area contributed by atoms with Gasteiger partial charge in [0, 0.05) is 17.5 Å². The second-order valence-electron chi connectivity index (χ2n) is 7.65. The standard InChI is InChI=1S/C20H20ClN5O5/c1-10(27)28-7-13-15-20(2,31-18(30-15)11-3-5-12(21)6-4-11)19(29-13)26-9-25-14-16(22)23-8-24-17(14)26/h3-6,8-9,13,15,18-19H,7H2,1-2H3,(H2,22,23,24)/t13-,15-,18?,19?,20-/m1/s1. The van der Waals surface area contributed by atoms with Crippen LogP contribution < -0.4 is 5.73 Å². The van der Waals surface area contributed by atoms with Crippen LogP contribution in [0, 0.1) is 0 Å². The fourth-order valence-electron chi connectivity index (χ4n) is 4.10. The summed E-state index contributed by atoms with van der Waals surface area (Å²) in [5.41, 5.74) is 6.78. The van der Waals surface area contributed by atoms with Gasteiger partial charge >= 0.3 is 5.97 Å². The van der Waals surface area contributed by atoms with Crippen LogP contribution >= 0.6 is 11.6 Å². The van der Waals surface area contributed by atoms with Crippen LogP contribution in [0.4, 0.5) is 5.82 Å². The van der Waals surface area contributed by atoms with Crippen molar-refractivity contribution in [2.24, 2.45) is 0 Å². The molecule has 2 N–H and O–H groups in total. The van der Waals surface area contributed by atoms with Crippen LogP contribution in [0.25, 0.3) is 11.2 Å². The van der Waals surface area contributed by atoms with E-state index in [1.807, 2.05) is 19.1 Å². The van der Waals surface area contributed by atoms with Gasteiger partial charge in [0.2, 0.25) is 0 Å². The average molecular weight is 446 g/mol. The molecule has 1 aromatic carbocycles. The Morgan fingerprint density at radius 3 is 2.77 bits per heavy atom. The molecule has 2 saturated heterocycles. The average Bonchev–Trinajstić information content (AvgIpc) is 3.38. The van der Waals surface area contributed by atoms with E-state index in [1.54, 1.807) is 23.0 Å². The van der Waals surface area contributed by atoms with Gasteiger partial charge in [0.1, 0.15) is 36.3 Å². The molecule has 5 rings (SSSR count). The van der Waals surface area contributed by atoms with Gasteiger partial charge in [0.25, 0.3) is 0 Å². The molecule has 3 aromatic rings. The Labute approximate surface area is 182 Å². The first kappa shape index (κ1) is 20.1. The van der Waals surface area contributed by atoms with Gasteiger partial charge in [-0.05, 0) is 19.1 Å². The zero-order valence-corrected chi connectivity index (χ0v) is 17.5. The predicted molar refractivity (Wildman–Crippen MR) is 109 cm³/mol. The largest absolute Gasteiger partial charge is 0.463 e. The lowest BCUT2D eigenvalue weighted by molar-refractivity contribution is -0.178. The molecule has 0 bridgehead atoms. The van der Waals surface area contributed by atoms with Crippen molar-refractivity contribution in [1.82, 2.24) is 19.5 Å². The number of carbonyl (C=O) groups excluding carboxylic acids is 1. The number of ether oxygens (including phenoxy) is 4. The number of esters is 1.